The molecule has 1 aromatic rings. The number of terminal acetylenes is 1. The van der Waals surface area contributed by atoms with Gasteiger partial charge in [-0.15, -0.1) is 12.3 Å². The number of amides is 1. The van der Waals surface area contributed by atoms with Gasteiger partial charge in [-0.3, -0.25) is 4.79 Å². The van der Waals surface area contributed by atoms with E-state index in [0.717, 1.165) is 17.7 Å². The average Bonchev–Trinajstić information content (AvgIpc) is 2.78. The maximum atomic E-state index is 12.0. The Bertz CT molecular complexity index is 448. The van der Waals surface area contributed by atoms with E-state index in [-0.39, 0.29) is 11.8 Å². The second kappa shape index (κ2) is 5.40. The molecule has 0 saturated heterocycles. The molecule has 0 bridgehead atoms. The number of anilines is 1. The SMILES string of the molecule is C#CCCCNC(=O)C1CNc2ccccc21. The number of hydrogen-bond donors (Lipinski definition) is 2. The van der Waals surface area contributed by atoms with E-state index in [4.69, 9.17) is 6.42 Å². The first-order valence-corrected chi connectivity index (χ1v) is 5.87. The summed E-state index contributed by atoms with van der Waals surface area (Å²) in [5.74, 6) is 2.57. The molecule has 3 heteroatoms. The highest BCUT2D eigenvalue weighted by Gasteiger charge is 2.27. The fraction of sp³-hybridized carbons (Fsp3) is 0.357. The number of unbranched alkanes of at least 4 members (excludes halogenated alkanes) is 1. The smallest absolute Gasteiger partial charge is 0.229 e. The number of hydrogen-bond acceptors (Lipinski definition) is 2. The molecule has 0 radical (unpaired) electrons. The van der Waals surface area contributed by atoms with Crippen LogP contribution >= 0.6 is 0 Å². The van der Waals surface area contributed by atoms with Crippen LogP contribution in [0.2, 0.25) is 0 Å². The topological polar surface area (TPSA) is 41.1 Å². The van der Waals surface area contributed by atoms with E-state index >= 15 is 0 Å². The Morgan fingerprint density at radius 2 is 2.35 bits per heavy atom. The minimum atomic E-state index is -0.0722. The molecular formula is C14H16N2O. The number of carbonyl (C=O) groups is 1. The number of fused-ring (bicyclic) bond motifs is 1. The van der Waals surface area contributed by atoms with Crippen LogP contribution in [0.3, 0.4) is 0 Å². The molecule has 17 heavy (non-hydrogen) atoms. The van der Waals surface area contributed by atoms with Crippen molar-refractivity contribution in [2.24, 2.45) is 0 Å². The van der Waals surface area contributed by atoms with E-state index in [1.165, 1.54) is 0 Å². The summed E-state index contributed by atoms with van der Waals surface area (Å²) < 4.78 is 0. The highest BCUT2D eigenvalue weighted by atomic mass is 16.1. The Kier molecular flexibility index (Phi) is 3.66. The summed E-state index contributed by atoms with van der Waals surface area (Å²) in [6.45, 7) is 1.34. The summed E-state index contributed by atoms with van der Waals surface area (Å²) >= 11 is 0. The highest BCUT2D eigenvalue weighted by molar-refractivity contribution is 5.88. The van der Waals surface area contributed by atoms with Crippen molar-refractivity contribution in [1.29, 1.82) is 0 Å². The van der Waals surface area contributed by atoms with Crippen molar-refractivity contribution in [1.82, 2.24) is 5.32 Å². The zero-order valence-electron chi connectivity index (χ0n) is 9.70. The summed E-state index contributed by atoms with van der Waals surface area (Å²) in [6.07, 6.45) is 6.70. The maximum Gasteiger partial charge on any atom is 0.229 e. The number of carbonyl (C=O) groups excluding carboxylic acids is 1. The quantitative estimate of drug-likeness (QED) is 0.608. The van der Waals surface area contributed by atoms with Crippen LogP contribution in [-0.2, 0) is 4.79 Å². The van der Waals surface area contributed by atoms with E-state index in [1.54, 1.807) is 0 Å². The van der Waals surface area contributed by atoms with Crippen molar-refractivity contribution in [3.05, 3.63) is 29.8 Å². The molecular weight excluding hydrogens is 212 g/mol. The third kappa shape index (κ3) is 2.59. The predicted molar refractivity (Wildman–Crippen MR) is 68.7 cm³/mol. The lowest BCUT2D eigenvalue weighted by molar-refractivity contribution is -0.122. The fourth-order valence-corrected chi connectivity index (χ4v) is 2.04. The van der Waals surface area contributed by atoms with Gasteiger partial charge < -0.3 is 10.6 Å². The van der Waals surface area contributed by atoms with Gasteiger partial charge in [-0.05, 0) is 18.1 Å². The molecule has 2 rings (SSSR count). The van der Waals surface area contributed by atoms with Crippen molar-refractivity contribution in [3.8, 4) is 12.3 Å². The van der Waals surface area contributed by atoms with Crippen LogP contribution < -0.4 is 10.6 Å². The number of nitrogens with one attached hydrogen (secondary N) is 2. The first-order valence-electron chi connectivity index (χ1n) is 5.87. The van der Waals surface area contributed by atoms with Gasteiger partial charge in [0.25, 0.3) is 0 Å². The van der Waals surface area contributed by atoms with E-state index in [2.05, 4.69) is 16.6 Å². The predicted octanol–water partition coefficient (Wildman–Crippen LogP) is 1.73. The van der Waals surface area contributed by atoms with Gasteiger partial charge in [0.05, 0.1) is 5.92 Å². The van der Waals surface area contributed by atoms with Crippen LogP contribution in [0.4, 0.5) is 5.69 Å². The van der Waals surface area contributed by atoms with Gasteiger partial charge in [-0.1, -0.05) is 18.2 Å². The summed E-state index contributed by atoms with van der Waals surface area (Å²) in [7, 11) is 0. The van der Waals surface area contributed by atoms with Crippen molar-refractivity contribution >= 4 is 11.6 Å². The zero-order chi connectivity index (χ0) is 12.1. The third-order valence-corrected chi connectivity index (χ3v) is 2.95. The number of para-hydroxylation sites is 1. The van der Waals surface area contributed by atoms with Gasteiger partial charge in [0, 0.05) is 25.2 Å². The Hall–Kier alpha value is -1.95. The third-order valence-electron chi connectivity index (χ3n) is 2.95. The molecule has 1 heterocycles. The second-order valence-electron chi connectivity index (χ2n) is 4.12. The summed E-state index contributed by atoms with van der Waals surface area (Å²) in [5.41, 5.74) is 2.15. The standard InChI is InChI=1S/C14H16N2O/c1-2-3-6-9-15-14(17)12-10-16-13-8-5-4-7-11(12)13/h1,4-5,7-8,12,16H,3,6,9-10H2,(H,15,17). The minimum absolute atomic E-state index is 0.0722. The summed E-state index contributed by atoms with van der Waals surface area (Å²) in [6, 6.07) is 7.94. The van der Waals surface area contributed by atoms with Gasteiger partial charge in [0.1, 0.15) is 0 Å². The largest absolute Gasteiger partial charge is 0.384 e. The molecule has 0 spiro atoms. The molecule has 1 atom stereocenters. The molecule has 1 unspecified atom stereocenters. The molecule has 1 amide bonds. The van der Waals surface area contributed by atoms with Gasteiger partial charge in [0.15, 0.2) is 0 Å². The van der Waals surface area contributed by atoms with E-state index in [9.17, 15) is 4.79 Å². The first kappa shape index (κ1) is 11.5. The normalized spacial score (nSPS) is 16.8. The van der Waals surface area contributed by atoms with Crippen LogP contribution in [0.5, 0.6) is 0 Å². The van der Waals surface area contributed by atoms with Crippen LogP contribution in [0.15, 0.2) is 24.3 Å². The molecule has 1 aromatic carbocycles. The lowest BCUT2D eigenvalue weighted by Gasteiger charge is -2.10. The molecule has 2 N–H and O–H groups in total. The maximum absolute atomic E-state index is 12.0. The lowest BCUT2D eigenvalue weighted by Crippen LogP contribution is -2.31. The Labute approximate surface area is 102 Å². The molecule has 1 aliphatic heterocycles. The minimum Gasteiger partial charge on any atom is -0.384 e. The van der Waals surface area contributed by atoms with Crippen LogP contribution in [0, 0.1) is 12.3 Å². The second-order valence-corrected chi connectivity index (χ2v) is 4.12. The van der Waals surface area contributed by atoms with Gasteiger partial charge in [-0.25, -0.2) is 0 Å². The molecule has 0 fully saturated rings. The van der Waals surface area contributed by atoms with Crippen molar-refractivity contribution in [3.63, 3.8) is 0 Å². The van der Waals surface area contributed by atoms with Crippen molar-refractivity contribution in [2.45, 2.75) is 18.8 Å². The molecule has 0 saturated carbocycles. The fourth-order valence-electron chi connectivity index (χ4n) is 2.04. The average molecular weight is 228 g/mol. The van der Waals surface area contributed by atoms with E-state index < -0.39 is 0 Å². The molecule has 0 aromatic heterocycles. The summed E-state index contributed by atoms with van der Waals surface area (Å²) in [4.78, 5) is 12.0. The van der Waals surface area contributed by atoms with Gasteiger partial charge >= 0.3 is 0 Å². The summed E-state index contributed by atoms with van der Waals surface area (Å²) in [5, 5.41) is 6.17. The van der Waals surface area contributed by atoms with Crippen LogP contribution in [0.25, 0.3) is 0 Å². The lowest BCUT2D eigenvalue weighted by atomic mass is 10.0. The number of benzene rings is 1. The van der Waals surface area contributed by atoms with Crippen molar-refractivity contribution in [2.75, 3.05) is 18.4 Å². The van der Waals surface area contributed by atoms with Crippen molar-refractivity contribution < 1.29 is 4.79 Å². The Balaban J connectivity index is 1.92. The van der Waals surface area contributed by atoms with Crippen LogP contribution in [-0.4, -0.2) is 19.0 Å². The van der Waals surface area contributed by atoms with E-state index in [1.807, 2.05) is 24.3 Å². The van der Waals surface area contributed by atoms with Crippen LogP contribution in [0.1, 0.15) is 24.3 Å². The van der Waals surface area contributed by atoms with E-state index in [0.29, 0.717) is 19.5 Å². The Morgan fingerprint density at radius 3 is 3.18 bits per heavy atom. The molecule has 3 nitrogen and oxygen atoms in total. The molecule has 1 aliphatic rings. The highest BCUT2D eigenvalue weighted by Crippen LogP contribution is 2.30. The van der Waals surface area contributed by atoms with Gasteiger partial charge in [0.2, 0.25) is 5.91 Å². The zero-order valence-corrected chi connectivity index (χ0v) is 9.70. The van der Waals surface area contributed by atoms with Gasteiger partial charge in [-0.2, -0.15) is 0 Å². The Morgan fingerprint density at radius 1 is 1.53 bits per heavy atom. The first-order chi connectivity index (χ1) is 8.33. The molecule has 88 valence electrons. The molecule has 0 aliphatic carbocycles. The monoisotopic (exact) mass is 228 g/mol. The number of rotatable bonds is 4.